The summed E-state index contributed by atoms with van der Waals surface area (Å²) in [5, 5.41) is 4.82. The highest BCUT2D eigenvalue weighted by Gasteiger charge is 2.64. The quantitative estimate of drug-likeness (QED) is 0.841. The third-order valence-electron chi connectivity index (χ3n) is 5.39. The van der Waals surface area contributed by atoms with Crippen LogP contribution in [-0.2, 0) is 11.8 Å². The van der Waals surface area contributed by atoms with Crippen molar-refractivity contribution in [1.29, 1.82) is 1.43 Å². The fourth-order valence-electron chi connectivity index (χ4n) is 4.49. The number of methoxy groups -OCH3 is 1. The predicted molar refractivity (Wildman–Crippen MR) is 82.5 cm³/mol. The summed E-state index contributed by atoms with van der Waals surface area (Å²) in [7, 11) is 1.35. The standard InChI is InChI=1S/C18H21NO3/c1-19-8-7-18-11-4-5-13(20)17(18)22-16-14(21-2)6-3-10(15(16)18)9-12(11)19/h3-6,11-13,17,20H,7-9H2,1-2H3/t11-,12+,13?,17?,18-/m0/s1/i1D3,3D,6D,11D,17D,20D. The van der Waals surface area contributed by atoms with E-state index >= 15 is 0 Å². The van der Waals surface area contributed by atoms with Gasteiger partial charge >= 0.3 is 0 Å². The Balaban J connectivity index is 1.90. The number of likely N-dealkylation sites (tertiary alicyclic amines) is 1. The van der Waals surface area contributed by atoms with E-state index in [1.807, 2.05) is 0 Å². The first-order valence-electron chi connectivity index (χ1n) is 11.4. The molecule has 2 aliphatic carbocycles. The van der Waals surface area contributed by atoms with Gasteiger partial charge in [-0.15, -0.1) is 0 Å². The van der Waals surface area contributed by atoms with Gasteiger partial charge < -0.3 is 19.5 Å². The molecule has 5 atom stereocenters. The molecule has 1 aromatic rings. The van der Waals surface area contributed by atoms with Gasteiger partial charge in [-0.05, 0) is 38.0 Å². The number of nitrogens with zero attached hydrogens (tertiary/aromatic N) is 1. The summed E-state index contributed by atoms with van der Waals surface area (Å²) in [6, 6.07) is -1.18. The first kappa shape index (κ1) is 7.37. The normalized spacial score (nSPS) is 53.5. The second-order valence-corrected chi connectivity index (χ2v) is 6.24. The van der Waals surface area contributed by atoms with Crippen LogP contribution in [0.3, 0.4) is 0 Å². The molecule has 5 rings (SSSR count). The molecule has 2 bridgehead atoms. The van der Waals surface area contributed by atoms with Crippen LogP contribution in [0.4, 0.5) is 0 Å². The summed E-state index contributed by atoms with van der Waals surface area (Å²) in [6.45, 7) is -2.36. The molecule has 2 heterocycles. The zero-order valence-electron chi connectivity index (χ0n) is 20.1. The molecule has 2 aliphatic heterocycles. The smallest absolute Gasteiger partial charge is 0.211 e. The first-order chi connectivity index (χ1) is 14.0. The summed E-state index contributed by atoms with van der Waals surface area (Å²) in [4.78, 5) is 1.28. The van der Waals surface area contributed by atoms with Crippen LogP contribution in [0.2, 0.25) is 0 Å². The van der Waals surface area contributed by atoms with Crippen molar-refractivity contribution in [3.8, 4) is 11.5 Å². The van der Waals surface area contributed by atoms with Crippen LogP contribution < -0.4 is 9.47 Å². The lowest BCUT2D eigenvalue weighted by Gasteiger charge is -2.56. The molecule has 1 fully saturated rings. The van der Waals surface area contributed by atoms with Crippen LogP contribution in [0.5, 0.6) is 11.5 Å². The Labute approximate surface area is 141 Å². The minimum atomic E-state index is -2.46. The minimum Gasteiger partial charge on any atom is -0.493 e. The van der Waals surface area contributed by atoms with E-state index in [-0.39, 0.29) is 43.0 Å². The fraction of sp³-hybridized carbons (Fsp3) is 0.556. The van der Waals surface area contributed by atoms with E-state index in [2.05, 4.69) is 0 Å². The second-order valence-electron chi connectivity index (χ2n) is 6.24. The van der Waals surface area contributed by atoms with Crippen LogP contribution in [0.15, 0.2) is 24.2 Å². The Kier molecular flexibility index (Phi) is 1.36. The van der Waals surface area contributed by atoms with E-state index in [0.717, 1.165) is 0 Å². The first-order valence-corrected chi connectivity index (χ1v) is 7.45. The molecule has 1 saturated heterocycles. The molecule has 22 heavy (non-hydrogen) atoms. The maximum absolute atomic E-state index is 9.49. The Morgan fingerprint density at radius 2 is 2.55 bits per heavy atom. The van der Waals surface area contributed by atoms with Crippen molar-refractivity contribution >= 4 is 0 Å². The van der Waals surface area contributed by atoms with Crippen molar-refractivity contribution in [2.75, 3.05) is 20.6 Å². The highest BCUT2D eigenvalue weighted by Crippen LogP contribution is 2.62. The molecule has 4 heteroatoms. The molecule has 0 aromatic heterocycles. The van der Waals surface area contributed by atoms with Crippen molar-refractivity contribution in [2.24, 2.45) is 5.89 Å². The average molecular weight is 307 g/mol. The molecular formula is C18H21NO3. The molecule has 0 amide bonds. The molecule has 0 saturated carbocycles. The molecule has 1 aromatic carbocycles. The third kappa shape index (κ3) is 1.28. The number of ether oxygens (including phenoxy) is 2. The van der Waals surface area contributed by atoms with E-state index in [1.54, 1.807) is 0 Å². The van der Waals surface area contributed by atoms with Crippen molar-refractivity contribution in [3.05, 3.63) is 35.4 Å². The number of hydrogen-bond donors (Lipinski definition) is 1. The number of rotatable bonds is 2. The topological polar surface area (TPSA) is 41.9 Å². The van der Waals surface area contributed by atoms with Gasteiger partial charge in [-0.1, -0.05) is 18.2 Å². The van der Waals surface area contributed by atoms with E-state index in [1.165, 1.54) is 24.2 Å². The average Bonchev–Trinajstić information content (AvgIpc) is 2.91. The van der Waals surface area contributed by atoms with E-state index < -0.39 is 36.5 Å². The molecule has 4 nitrogen and oxygen atoms in total. The van der Waals surface area contributed by atoms with Gasteiger partial charge in [-0.3, -0.25) is 0 Å². The van der Waals surface area contributed by atoms with Crippen molar-refractivity contribution in [2.45, 2.75) is 36.5 Å². The SMILES string of the molecule is [2H]OC1C=C[C@@]2([2H])[C@H]3Cc4c([2H])c([2H])c(OC)c5c4[C@@]2(CCN3C([2H])([2H])[2H])C1([2H])O5. The molecule has 1 spiro atoms. The van der Waals surface area contributed by atoms with E-state index in [0.29, 0.717) is 11.1 Å². The number of aliphatic hydroxyl groups excluding tert-OH is 1. The number of hydrogen-bond acceptors (Lipinski definition) is 4. The zero-order valence-corrected chi connectivity index (χ0v) is 12.1. The summed E-state index contributed by atoms with van der Waals surface area (Å²) >= 11 is 0. The Bertz CT molecular complexity index is 983. The minimum absolute atomic E-state index is 0.0110. The van der Waals surface area contributed by atoms with Gasteiger partial charge in [0, 0.05) is 28.4 Å². The summed E-state index contributed by atoms with van der Waals surface area (Å²) in [6.07, 6.45) is 0.0505. The van der Waals surface area contributed by atoms with Crippen LogP contribution in [0.25, 0.3) is 0 Å². The van der Waals surface area contributed by atoms with Crippen molar-refractivity contribution in [3.63, 3.8) is 0 Å². The van der Waals surface area contributed by atoms with Gasteiger partial charge in [0.15, 0.2) is 11.5 Å². The lowest BCUT2D eigenvalue weighted by Crippen LogP contribution is -2.64. The van der Waals surface area contributed by atoms with Crippen molar-refractivity contribution in [1.82, 2.24) is 4.90 Å². The van der Waals surface area contributed by atoms with Gasteiger partial charge in [0.2, 0.25) is 1.43 Å². The van der Waals surface area contributed by atoms with Gasteiger partial charge in [0.25, 0.3) is 0 Å². The third-order valence-corrected chi connectivity index (χ3v) is 5.39. The van der Waals surface area contributed by atoms with E-state index in [4.69, 9.17) is 22.9 Å². The van der Waals surface area contributed by atoms with Crippen LogP contribution >= 0.6 is 0 Å². The Hall–Kier alpha value is -1.52. The summed E-state index contributed by atoms with van der Waals surface area (Å²) in [5.74, 6) is -1.42. The fourth-order valence-corrected chi connectivity index (χ4v) is 4.49. The number of likely N-dealkylation sites (N-methyl/N-ethyl adjacent to an activating group) is 1. The Morgan fingerprint density at radius 1 is 1.59 bits per heavy atom. The molecule has 116 valence electrons. The van der Waals surface area contributed by atoms with Crippen molar-refractivity contribution < 1.29 is 24.2 Å². The number of piperidine rings is 1. The van der Waals surface area contributed by atoms with Gasteiger partial charge in [-0.2, -0.15) is 0 Å². The second kappa shape index (κ2) is 4.06. The summed E-state index contributed by atoms with van der Waals surface area (Å²) in [5.41, 5.74) is -0.504. The van der Waals surface area contributed by atoms with Gasteiger partial charge in [-0.25, -0.2) is 0 Å². The predicted octanol–water partition coefficient (Wildman–Crippen LogP) is 1.50. The van der Waals surface area contributed by atoms with Crippen LogP contribution in [0, 0.1) is 5.89 Å². The zero-order chi connectivity index (χ0) is 21.9. The Morgan fingerprint density at radius 3 is 3.36 bits per heavy atom. The summed E-state index contributed by atoms with van der Waals surface area (Å²) < 4.78 is 78.6. The molecule has 2 unspecified atom stereocenters. The van der Waals surface area contributed by atoms with Crippen LogP contribution in [0.1, 0.15) is 27.1 Å². The molecule has 1 N–H and O–H groups in total. The lowest BCUT2D eigenvalue weighted by atomic mass is 9.53. The highest BCUT2D eigenvalue weighted by atomic mass is 16.5. The monoisotopic (exact) mass is 307 g/mol. The molecular weight excluding hydrogens is 278 g/mol. The van der Waals surface area contributed by atoms with Gasteiger partial charge in [0.1, 0.15) is 12.2 Å². The number of benzene rings is 1. The number of aliphatic hydroxyl groups is 1. The van der Waals surface area contributed by atoms with Gasteiger partial charge in [0.05, 0.1) is 11.2 Å². The maximum Gasteiger partial charge on any atom is 0.211 e. The molecule has 4 aliphatic rings. The maximum atomic E-state index is 9.49. The highest BCUT2D eigenvalue weighted by molar-refractivity contribution is 5.62. The van der Waals surface area contributed by atoms with E-state index in [9.17, 15) is 2.74 Å². The largest absolute Gasteiger partial charge is 0.493 e. The lowest BCUT2D eigenvalue weighted by molar-refractivity contribution is -0.0453. The molecule has 0 radical (unpaired) electrons. The van der Waals surface area contributed by atoms with Crippen LogP contribution in [-0.4, -0.2) is 50.3 Å².